The lowest BCUT2D eigenvalue weighted by Crippen LogP contribution is -2.42. The van der Waals surface area contributed by atoms with Crippen LogP contribution in [0.1, 0.15) is 30.1 Å². The second-order valence-electron chi connectivity index (χ2n) is 5.96. The number of ether oxygens (including phenoxy) is 1. The minimum Gasteiger partial charge on any atom is -0.456 e. The number of rotatable bonds is 6. The topological polar surface area (TPSA) is 54.5 Å². The molecule has 2 aromatic rings. The Balaban J connectivity index is 0.00000169. The number of pyridine rings is 1. The molecule has 1 atom stereocenters. The first-order valence-corrected chi connectivity index (χ1v) is 8.47. The highest BCUT2D eigenvalue weighted by Gasteiger charge is 2.26. The molecule has 1 unspecified atom stereocenters. The van der Waals surface area contributed by atoms with Gasteiger partial charge in [0.15, 0.2) is 0 Å². The maximum Gasteiger partial charge on any atom is 0.254 e. The first-order chi connectivity index (χ1) is 11.8. The summed E-state index contributed by atoms with van der Waals surface area (Å²) in [6.45, 7) is 4.76. The standard InChI is InChI=1S/C19H23N3O2.2ClH/c1-2-12-22(16-9-11-21-13-16)19(23)15-5-7-17(8-6-15)24-18-4-3-10-20-14-18;;/h3-8,10,14,16,21H,2,9,11-13H2,1H3;2*1H. The molecule has 1 amide bonds. The van der Waals surface area contributed by atoms with E-state index in [-0.39, 0.29) is 30.7 Å². The summed E-state index contributed by atoms with van der Waals surface area (Å²) in [4.78, 5) is 18.9. The van der Waals surface area contributed by atoms with E-state index in [1.165, 1.54) is 0 Å². The first kappa shape index (κ1) is 22.2. The van der Waals surface area contributed by atoms with Gasteiger partial charge in [-0.1, -0.05) is 6.92 Å². The number of aromatic nitrogens is 1. The molecule has 26 heavy (non-hydrogen) atoms. The average Bonchev–Trinajstić information content (AvgIpc) is 3.15. The third-order valence-corrected chi connectivity index (χ3v) is 4.17. The van der Waals surface area contributed by atoms with Gasteiger partial charge in [0.25, 0.3) is 5.91 Å². The molecule has 0 saturated carbocycles. The van der Waals surface area contributed by atoms with Crippen LogP contribution < -0.4 is 10.1 Å². The molecule has 1 N–H and O–H groups in total. The fourth-order valence-corrected chi connectivity index (χ4v) is 2.97. The molecule has 142 valence electrons. The Morgan fingerprint density at radius 1 is 1.23 bits per heavy atom. The monoisotopic (exact) mass is 397 g/mol. The average molecular weight is 398 g/mol. The molecule has 7 heteroatoms. The zero-order valence-corrected chi connectivity index (χ0v) is 16.4. The number of benzene rings is 1. The lowest BCUT2D eigenvalue weighted by Gasteiger charge is -2.28. The van der Waals surface area contributed by atoms with Crippen molar-refractivity contribution in [2.45, 2.75) is 25.8 Å². The molecule has 0 bridgehead atoms. The summed E-state index contributed by atoms with van der Waals surface area (Å²) >= 11 is 0. The van der Waals surface area contributed by atoms with Crippen LogP contribution in [0.25, 0.3) is 0 Å². The van der Waals surface area contributed by atoms with Crippen molar-refractivity contribution in [3.63, 3.8) is 0 Å². The van der Waals surface area contributed by atoms with E-state index in [1.54, 1.807) is 12.4 Å². The van der Waals surface area contributed by atoms with Crippen molar-refractivity contribution in [2.24, 2.45) is 0 Å². The van der Waals surface area contributed by atoms with Gasteiger partial charge < -0.3 is 15.0 Å². The Bertz CT molecular complexity index is 662. The van der Waals surface area contributed by atoms with Gasteiger partial charge in [0, 0.05) is 30.9 Å². The third-order valence-electron chi connectivity index (χ3n) is 4.17. The molecular formula is C19H25Cl2N3O2. The molecule has 5 nitrogen and oxygen atoms in total. The lowest BCUT2D eigenvalue weighted by atomic mass is 10.1. The maximum atomic E-state index is 12.8. The van der Waals surface area contributed by atoms with Crippen LogP contribution in [0.2, 0.25) is 0 Å². The second kappa shape index (κ2) is 11.0. The molecule has 0 aliphatic carbocycles. The minimum atomic E-state index is 0. The number of nitrogens with one attached hydrogen (secondary N) is 1. The molecular weight excluding hydrogens is 373 g/mol. The zero-order valence-electron chi connectivity index (χ0n) is 14.8. The molecule has 0 radical (unpaired) electrons. The van der Waals surface area contributed by atoms with Gasteiger partial charge in [0.1, 0.15) is 11.5 Å². The minimum absolute atomic E-state index is 0. The van der Waals surface area contributed by atoms with E-state index in [0.29, 0.717) is 23.1 Å². The number of halogens is 2. The van der Waals surface area contributed by atoms with Crippen molar-refractivity contribution in [1.29, 1.82) is 0 Å². The van der Waals surface area contributed by atoms with Gasteiger partial charge in [-0.05, 0) is 55.8 Å². The van der Waals surface area contributed by atoms with Gasteiger partial charge in [0.2, 0.25) is 0 Å². The van der Waals surface area contributed by atoms with Gasteiger partial charge in [-0.25, -0.2) is 0 Å². The van der Waals surface area contributed by atoms with E-state index < -0.39 is 0 Å². The van der Waals surface area contributed by atoms with Crippen molar-refractivity contribution < 1.29 is 9.53 Å². The number of carbonyl (C=O) groups excluding carboxylic acids is 1. The van der Waals surface area contributed by atoms with Crippen LogP contribution in [0.4, 0.5) is 0 Å². The number of hydrogen-bond donors (Lipinski definition) is 1. The molecule has 1 saturated heterocycles. The molecule has 1 aromatic carbocycles. The predicted molar refractivity (Wildman–Crippen MR) is 108 cm³/mol. The van der Waals surface area contributed by atoms with Gasteiger partial charge >= 0.3 is 0 Å². The van der Waals surface area contributed by atoms with E-state index in [0.717, 1.165) is 32.5 Å². The van der Waals surface area contributed by atoms with E-state index in [4.69, 9.17) is 4.74 Å². The molecule has 0 spiro atoms. The Labute approximate surface area is 167 Å². The number of amides is 1. The Morgan fingerprint density at radius 2 is 2.00 bits per heavy atom. The quantitative estimate of drug-likeness (QED) is 0.801. The summed E-state index contributed by atoms with van der Waals surface area (Å²) in [7, 11) is 0. The van der Waals surface area contributed by atoms with Crippen molar-refractivity contribution in [1.82, 2.24) is 15.2 Å². The van der Waals surface area contributed by atoms with Crippen molar-refractivity contribution in [3.05, 3.63) is 54.4 Å². The van der Waals surface area contributed by atoms with Crippen molar-refractivity contribution in [3.8, 4) is 11.5 Å². The fraction of sp³-hybridized carbons (Fsp3) is 0.368. The smallest absolute Gasteiger partial charge is 0.254 e. The zero-order chi connectivity index (χ0) is 16.8. The number of carbonyl (C=O) groups is 1. The fourth-order valence-electron chi connectivity index (χ4n) is 2.97. The van der Waals surface area contributed by atoms with Crippen molar-refractivity contribution in [2.75, 3.05) is 19.6 Å². The van der Waals surface area contributed by atoms with Crippen LogP contribution in [-0.4, -0.2) is 41.5 Å². The summed E-state index contributed by atoms with van der Waals surface area (Å²) in [6, 6.07) is 11.3. The van der Waals surface area contributed by atoms with E-state index in [2.05, 4.69) is 17.2 Å². The Kier molecular flexibility index (Phi) is 9.41. The highest BCUT2D eigenvalue weighted by molar-refractivity contribution is 5.94. The Hall–Kier alpha value is -1.82. The van der Waals surface area contributed by atoms with Crippen LogP contribution in [0.3, 0.4) is 0 Å². The Morgan fingerprint density at radius 3 is 2.58 bits per heavy atom. The summed E-state index contributed by atoms with van der Waals surface area (Å²) in [6.07, 6.45) is 5.35. The van der Waals surface area contributed by atoms with E-state index in [1.807, 2.05) is 41.3 Å². The SMILES string of the molecule is CCCN(C(=O)c1ccc(Oc2cccnc2)cc1)C1CCNC1.Cl.Cl. The van der Waals surface area contributed by atoms with E-state index in [9.17, 15) is 4.79 Å². The van der Waals surface area contributed by atoms with Gasteiger partial charge in [0.05, 0.1) is 6.20 Å². The predicted octanol–water partition coefficient (Wildman–Crippen LogP) is 3.93. The summed E-state index contributed by atoms with van der Waals surface area (Å²) in [5.41, 5.74) is 0.703. The van der Waals surface area contributed by atoms with Crippen LogP contribution in [0, 0.1) is 0 Å². The van der Waals surface area contributed by atoms with Crippen LogP contribution in [0.15, 0.2) is 48.8 Å². The highest BCUT2D eigenvalue weighted by Crippen LogP contribution is 2.22. The summed E-state index contributed by atoms with van der Waals surface area (Å²) in [5.74, 6) is 1.48. The first-order valence-electron chi connectivity index (χ1n) is 8.47. The molecule has 1 aliphatic heterocycles. The number of hydrogen-bond acceptors (Lipinski definition) is 4. The molecule has 1 aromatic heterocycles. The van der Waals surface area contributed by atoms with Crippen LogP contribution in [-0.2, 0) is 0 Å². The van der Waals surface area contributed by atoms with Gasteiger partial charge in [-0.3, -0.25) is 9.78 Å². The maximum absolute atomic E-state index is 12.8. The second-order valence-corrected chi connectivity index (χ2v) is 5.96. The van der Waals surface area contributed by atoms with Crippen LogP contribution >= 0.6 is 24.8 Å². The van der Waals surface area contributed by atoms with Crippen LogP contribution in [0.5, 0.6) is 11.5 Å². The molecule has 1 fully saturated rings. The van der Waals surface area contributed by atoms with Gasteiger partial charge in [-0.15, -0.1) is 24.8 Å². The summed E-state index contributed by atoms with van der Waals surface area (Å²) < 4.78 is 5.72. The van der Waals surface area contributed by atoms with Crippen molar-refractivity contribution >= 4 is 30.7 Å². The van der Waals surface area contributed by atoms with Gasteiger partial charge in [-0.2, -0.15) is 0 Å². The van der Waals surface area contributed by atoms with E-state index >= 15 is 0 Å². The largest absolute Gasteiger partial charge is 0.456 e. The number of nitrogens with zero attached hydrogens (tertiary/aromatic N) is 2. The summed E-state index contributed by atoms with van der Waals surface area (Å²) in [5, 5.41) is 3.33. The highest BCUT2D eigenvalue weighted by atomic mass is 35.5. The molecule has 3 rings (SSSR count). The third kappa shape index (κ3) is 5.59. The normalized spacial score (nSPS) is 15.5. The molecule has 1 aliphatic rings. The molecule has 2 heterocycles. The lowest BCUT2D eigenvalue weighted by molar-refractivity contribution is 0.0692.